The van der Waals surface area contributed by atoms with E-state index in [4.69, 9.17) is 0 Å². The Hall–Kier alpha value is -1.88. The van der Waals surface area contributed by atoms with Crippen molar-refractivity contribution in [3.63, 3.8) is 0 Å². The molecule has 0 saturated carbocycles. The Morgan fingerprint density at radius 1 is 1.09 bits per heavy atom. The summed E-state index contributed by atoms with van der Waals surface area (Å²) in [4.78, 5) is 28.3. The van der Waals surface area contributed by atoms with Crippen LogP contribution in [0.25, 0.3) is 0 Å². The minimum Gasteiger partial charge on any atom is -0.340 e. The summed E-state index contributed by atoms with van der Waals surface area (Å²) >= 11 is 0. The van der Waals surface area contributed by atoms with E-state index in [1.807, 2.05) is 32.0 Å². The second-order valence-electron chi connectivity index (χ2n) is 5.84. The lowest BCUT2D eigenvalue weighted by Crippen LogP contribution is -2.49. The van der Waals surface area contributed by atoms with Crippen molar-refractivity contribution in [2.24, 2.45) is 0 Å². The van der Waals surface area contributed by atoms with Crippen molar-refractivity contribution in [2.75, 3.05) is 38.0 Å². The number of carbonyl (C=O) groups is 2. The summed E-state index contributed by atoms with van der Waals surface area (Å²) in [7, 11) is 0. The molecule has 1 aromatic carbocycles. The number of piperazine rings is 1. The van der Waals surface area contributed by atoms with Crippen LogP contribution < -0.4 is 5.32 Å². The highest BCUT2D eigenvalue weighted by Crippen LogP contribution is 2.14. The molecule has 0 aliphatic carbocycles. The Morgan fingerprint density at radius 3 is 2.36 bits per heavy atom. The largest absolute Gasteiger partial charge is 0.340 e. The smallest absolute Gasteiger partial charge is 0.233 e. The fourth-order valence-electron chi connectivity index (χ4n) is 2.59. The number of nitrogens with one attached hydrogen (secondary N) is 1. The third-order valence-corrected chi connectivity index (χ3v) is 4.27. The quantitative estimate of drug-likeness (QED) is 0.863. The van der Waals surface area contributed by atoms with Gasteiger partial charge in [-0.3, -0.25) is 9.59 Å². The molecule has 1 fully saturated rings. The average Bonchev–Trinajstić information content (AvgIpc) is 2.51. The number of aryl methyl sites for hydroxylation is 2. The maximum atomic E-state index is 12.2. The fraction of sp³-hybridized carbons (Fsp3) is 0.529. The number of anilines is 1. The molecule has 1 aliphatic rings. The summed E-state index contributed by atoms with van der Waals surface area (Å²) < 4.78 is 0. The molecule has 2 amide bonds. The lowest BCUT2D eigenvalue weighted by atomic mass is 10.1. The normalized spacial score (nSPS) is 15.7. The van der Waals surface area contributed by atoms with Gasteiger partial charge in [0.25, 0.3) is 0 Å². The molecule has 1 saturated heterocycles. The SMILES string of the molecule is CCN1CCN(C(=O)CC(=O)Nc2ccc(C)c(C)c2)CC1. The molecule has 0 unspecified atom stereocenters. The second kappa shape index (κ2) is 7.40. The monoisotopic (exact) mass is 303 g/mol. The Balaban J connectivity index is 1.84. The topological polar surface area (TPSA) is 52.7 Å². The van der Waals surface area contributed by atoms with Crippen molar-refractivity contribution in [1.82, 2.24) is 9.80 Å². The van der Waals surface area contributed by atoms with Gasteiger partial charge < -0.3 is 15.1 Å². The van der Waals surface area contributed by atoms with Crippen LogP contribution in [0.4, 0.5) is 5.69 Å². The zero-order chi connectivity index (χ0) is 16.1. The first-order valence-corrected chi connectivity index (χ1v) is 7.87. The number of hydrogen-bond donors (Lipinski definition) is 1. The van der Waals surface area contributed by atoms with Crippen molar-refractivity contribution in [3.8, 4) is 0 Å². The van der Waals surface area contributed by atoms with Gasteiger partial charge in [-0.05, 0) is 43.7 Å². The van der Waals surface area contributed by atoms with Gasteiger partial charge in [0.15, 0.2) is 0 Å². The molecule has 0 aromatic heterocycles. The van der Waals surface area contributed by atoms with E-state index in [2.05, 4.69) is 17.1 Å². The zero-order valence-electron chi connectivity index (χ0n) is 13.7. The lowest BCUT2D eigenvalue weighted by Gasteiger charge is -2.34. The molecule has 120 valence electrons. The molecular weight excluding hydrogens is 278 g/mol. The molecule has 5 heteroatoms. The van der Waals surface area contributed by atoms with Crippen LogP contribution in [0, 0.1) is 13.8 Å². The van der Waals surface area contributed by atoms with Gasteiger partial charge in [-0.25, -0.2) is 0 Å². The average molecular weight is 303 g/mol. The van der Waals surface area contributed by atoms with Crippen LogP contribution in [-0.2, 0) is 9.59 Å². The Morgan fingerprint density at radius 2 is 1.77 bits per heavy atom. The predicted molar refractivity (Wildman–Crippen MR) is 87.9 cm³/mol. The Bertz CT molecular complexity index is 549. The molecule has 1 aromatic rings. The van der Waals surface area contributed by atoms with Crippen molar-refractivity contribution < 1.29 is 9.59 Å². The molecule has 1 aliphatic heterocycles. The molecule has 1 heterocycles. The van der Waals surface area contributed by atoms with E-state index >= 15 is 0 Å². The van der Waals surface area contributed by atoms with E-state index in [0.717, 1.165) is 30.9 Å². The van der Waals surface area contributed by atoms with E-state index < -0.39 is 0 Å². The summed E-state index contributed by atoms with van der Waals surface area (Å²) in [5.41, 5.74) is 3.05. The van der Waals surface area contributed by atoms with Gasteiger partial charge in [0, 0.05) is 31.9 Å². The van der Waals surface area contributed by atoms with Gasteiger partial charge in [-0.15, -0.1) is 0 Å². The van der Waals surface area contributed by atoms with Crippen LogP contribution in [0.15, 0.2) is 18.2 Å². The zero-order valence-corrected chi connectivity index (χ0v) is 13.7. The summed E-state index contributed by atoms with van der Waals surface area (Å²) in [5.74, 6) is -0.330. The number of carbonyl (C=O) groups excluding carboxylic acids is 2. The number of nitrogens with zero attached hydrogens (tertiary/aromatic N) is 2. The lowest BCUT2D eigenvalue weighted by molar-refractivity contribution is -0.136. The van der Waals surface area contributed by atoms with E-state index in [0.29, 0.717) is 13.1 Å². The third kappa shape index (κ3) is 4.31. The Kier molecular flexibility index (Phi) is 5.55. The fourth-order valence-corrected chi connectivity index (χ4v) is 2.59. The molecule has 0 radical (unpaired) electrons. The molecule has 2 rings (SSSR count). The van der Waals surface area contributed by atoms with E-state index in [1.165, 1.54) is 5.56 Å². The highest BCUT2D eigenvalue weighted by Gasteiger charge is 2.22. The van der Waals surface area contributed by atoms with Crippen LogP contribution in [-0.4, -0.2) is 54.3 Å². The first-order valence-electron chi connectivity index (χ1n) is 7.87. The summed E-state index contributed by atoms with van der Waals surface area (Å²) in [5, 5.41) is 2.80. The highest BCUT2D eigenvalue weighted by molar-refractivity contribution is 6.03. The van der Waals surface area contributed by atoms with Gasteiger partial charge in [-0.2, -0.15) is 0 Å². The van der Waals surface area contributed by atoms with Gasteiger partial charge in [0.2, 0.25) is 11.8 Å². The third-order valence-electron chi connectivity index (χ3n) is 4.27. The number of hydrogen-bond acceptors (Lipinski definition) is 3. The van der Waals surface area contributed by atoms with Crippen LogP contribution in [0.3, 0.4) is 0 Å². The van der Waals surface area contributed by atoms with E-state index in [-0.39, 0.29) is 18.2 Å². The van der Waals surface area contributed by atoms with Gasteiger partial charge in [0.1, 0.15) is 6.42 Å². The first-order chi connectivity index (χ1) is 10.5. The van der Waals surface area contributed by atoms with Crippen molar-refractivity contribution in [2.45, 2.75) is 27.2 Å². The second-order valence-corrected chi connectivity index (χ2v) is 5.84. The van der Waals surface area contributed by atoms with E-state index in [9.17, 15) is 9.59 Å². The van der Waals surface area contributed by atoms with Crippen molar-refractivity contribution in [1.29, 1.82) is 0 Å². The van der Waals surface area contributed by atoms with Crippen LogP contribution in [0.5, 0.6) is 0 Å². The molecule has 22 heavy (non-hydrogen) atoms. The number of benzene rings is 1. The molecular formula is C17H25N3O2. The maximum Gasteiger partial charge on any atom is 0.233 e. The predicted octanol–water partition coefficient (Wildman–Crippen LogP) is 1.80. The minimum absolute atomic E-state index is 0.0843. The number of rotatable bonds is 4. The summed E-state index contributed by atoms with van der Waals surface area (Å²) in [6, 6.07) is 5.76. The van der Waals surface area contributed by atoms with Crippen LogP contribution in [0.2, 0.25) is 0 Å². The minimum atomic E-state index is -0.244. The summed E-state index contributed by atoms with van der Waals surface area (Å²) in [6.07, 6.45) is -0.0843. The highest BCUT2D eigenvalue weighted by atomic mass is 16.2. The number of amides is 2. The first kappa shape index (κ1) is 16.5. The molecule has 0 bridgehead atoms. The number of likely N-dealkylation sites (N-methyl/N-ethyl adjacent to an activating group) is 1. The molecule has 0 atom stereocenters. The van der Waals surface area contributed by atoms with Gasteiger partial charge in [-0.1, -0.05) is 13.0 Å². The summed E-state index contributed by atoms with van der Waals surface area (Å²) in [6.45, 7) is 10.4. The van der Waals surface area contributed by atoms with Crippen LogP contribution >= 0.6 is 0 Å². The Labute approximate surface area is 132 Å². The molecule has 0 spiro atoms. The van der Waals surface area contributed by atoms with Gasteiger partial charge >= 0.3 is 0 Å². The van der Waals surface area contributed by atoms with Crippen molar-refractivity contribution >= 4 is 17.5 Å². The molecule has 5 nitrogen and oxygen atoms in total. The van der Waals surface area contributed by atoms with Crippen LogP contribution in [0.1, 0.15) is 24.5 Å². The van der Waals surface area contributed by atoms with Gasteiger partial charge in [0.05, 0.1) is 0 Å². The standard InChI is InChI=1S/C17H25N3O2/c1-4-19-7-9-20(10-8-19)17(22)12-16(21)18-15-6-5-13(2)14(3)11-15/h5-6,11H,4,7-10,12H2,1-3H3,(H,18,21). The molecule has 1 N–H and O–H groups in total. The van der Waals surface area contributed by atoms with Crippen molar-refractivity contribution in [3.05, 3.63) is 29.3 Å². The van der Waals surface area contributed by atoms with E-state index in [1.54, 1.807) is 4.90 Å². The maximum absolute atomic E-state index is 12.2.